The minimum atomic E-state index is -0.141. The van der Waals surface area contributed by atoms with Crippen LogP contribution < -0.4 is 135 Å². The van der Waals surface area contributed by atoms with Gasteiger partial charge in [-0.3, -0.25) is 0 Å². The minimum Gasteiger partial charge on any atom is -0.869 e. The first-order valence-electron chi connectivity index (χ1n) is 17.4. The van der Waals surface area contributed by atoms with Gasteiger partial charge in [0.15, 0.2) is 51.0 Å². The molecule has 0 aromatic heterocycles. The summed E-state index contributed by atoms with van der Waals surface area (Å²) in [7, 11) is 5.92. The first-order valence-corrected chi connectivity index (χ1v) is 17.4. The van der Waals surface area contributed by atoms with Gasteiger partial charge in [-0.15, -0.1) is 0 Å². The molecule has 0 bridgehead atoms. The number of ether oxygens (including phenoxy) is 4. The molecular weight excluding hydrogens is 716 g/mol. The summed E-state index contributed by atoms with van der Waals surface area (Å²) in [6, 6.07) is 20.7. The van der Waals surface area contributed by atoms with E-state index in [1.165, 1.54) is 28.4 Å². The Labute approximate surface area is 391 Å². The first kappa shape index (κ1) is 56.4. The van der Waals surface area contributed by atoms with Crippen LogP contribution in [0.3, 0.4) is 0 Å². The fourth-order valence-electron chi connectivity index (χ4n) is 5.10. The second-order valence-corrected chi connectivity index (χ2v) is 13.9. The summed E-state index contributed by atoms with van der Waals surface area (Å²) in [5.41, 5.74) is 1.98. The standard InChI is InChI=1S/2C21H26N2O4.4Li/c2*1-21(2,13-22-11-15-7-5-9-17(26-3)19(15)24)14-23-12-16-8-6-10-18(27-4)20(16)25;;;;/h2*5-12,24-25H,13-14H2,1-4H3;;;;/q;;4*+1. The van der Waals surface area contributed by atoms with Gasteiger partial charge in [-0.25, -0.2) is 20.0 Å². The van der Waals surface area contributed by atoms with Crippen molar-refractivity contribution >= 4 is 24.9 Å². The predicted octanol–water partition coefficient (Wildman–Crippen LogP) is -14.8. The van der Waals surface area contributed by atoms with Crippen molar-refractivity contribution in [2.75, 3.05) is 54.6 Å². The number of rotatable bonds is 16. The molecule has 0 amide bonds. The Bertz CT molecular complexity index is 1680. The molecule has 0 radical (unpaired) electrons. The topological polar surface area (TPSA) is 185 Å². The smallest absolute Gasteiger partial charge is 0.869 e. The van der Waals surface area contributed by atoms with E-state index in [-0.39, 0.29) is 109 Å². The summed E-state index contributed by atoms with van der Waals surface area (Å²) in [6.45, 7) is 10.9. The Balaban J connectivity index is 0. The third-order valence-electron chi connectivity index (χ3n) is 8.27. The molecule has 4 rings (SSSR count). The number of benzene rings is 4. The average Bonchev–Trinajstić information content (AvgIpc) is 3.14. The zero-order chi connectivity index (χ0) is 39.7. The van der Waals surface area contributed by atoms with Crippen LogP contribution in [-0.4, -0.2) is 79.5 Å². The molecule has 288 valence electrons. The third kappa shape index (κ3) is 17.7. The van der Waals surface area contributed by atoms with Crippen LogP contribution in [0.2, 0.25) is 0 Å². The van der Waals surface area contributed by atoms with Crippen molar-refractivity contribution in [3.8, 4) is 46.0 Å². The molecular formula is C42H52Li4N4O8+4. The molecule has 4 aromatic carbocycles. The van der Waals surface area contributed by atoms with E-state index >= 15 is 0 Å². The van der Waals surface area contributed by atoms with E-state index in [1.54, 1.807) is 97.7 Å². The molecule has 0 heterocycles. The van der Waals surface area contributed by atoms with E-state index in [2.05, 4.69) is 47.7 Å². The van der Waals surface area contributed by atoms with Crippen molar-refractivity contribution in [2.45, 2.75) is 27.7 Å². The molecule has 0 aliphatic carbocycles. The van der Waals surface area contributed by atoms with E-state index in [0.29, 0.717) is 71.4 Å². The normalized spacial score (nSPS) is 11.2. The van der Waals surface area contributed by atoms with Crippen molar-refractivity contribution in [2.24, 2.45) is 10.8 Å². The van der Waals surface area contributed by atoms with Gasteiger partial charge in [0.05, 0.1) is 39.3 Å². The first-order chi connectivity index (χ1) is 25.8. The Morgan fingerprint density at radius 3 is 0.759 bits per heavy atom. The molecule has 12 nitrogen and oxygen atoms in total. The molecule has 0 spiro atoms. The Hall–Kier alpha value is -3.65. The van der Waals surface area contributed by atoms with Gasteiger partial charge >= 0.3 is 75.4 Å². The van der Waals surface area contributed by atoms with Crippen LogP contribution in [0.5, 0.6) is 46.0 Å². The molecule has 4 N–H and O–H groups in total. The Kier molecular flexibility index (Phi) is 27.2. The number of hydrogen-bond acceptors (Lipinski definition) is 8. The van der Waals surface area contributed by atoms with Crippen LogP contribution in [0.25, 0.3) is 0 Å². The monoisotopic (exact) mass is 768 g/mol. The molecule has 0 saturated carbocycles. The predicted molar refractivity (Wildman–Crippen MR) is 201 cm³/mol. The van der Waals surface area contributed by atoms with E-state index < -0.39 is 0 Å². The van der Waals surface area contributed by atoms with E-state index in [4.69, 9.17) is 18.9 Å². The quantitative estimate of drug-likeness (QED) is 0.0640. The van der Waals surface area contributed by atoms with Gasteiger partial charge in [0.1, 0.15) is 23.0 Å². The fraction of sp³-hybridized carbons (Fsp3) is 0.333. The fourth-order valence-corrected chi connectivity index (χ4v) is 5.10. The molecule has 58 heavy (non-hydrogen) atoms. The van der Waals surface area contributed by atoms with Crippen molar-refractivity contribution in [1.29, 1.82) is 0 Å². The molecule has 0 fully saturated rings. The third-order valence-corrected chi connectivity index (χ3v) is 8.27. The van der Waals surface area contributed by atoms with Gasteiger partial charge in [0.2, 0.25) is 0 Å². The second-order valence-electron chi connectivity index (χ2n) is 13.9. The van der Waals surface area contributed by atoms with Crippen LogP contribution in [0.1, 0.15) is 49.9 Å². The molecule has 0 aliphatic rings. The van der Waals surface area contributed by atoms with Crippen molar-refractivity contribution in [3.05, 3.63) is 95.1 Å². The Morgan fingerprint density at radius 2 is 0.586 bits per heavy atom. The van der Waals surface area contributed by atoms with Gasteiger partial charge in [-0.2, -0.15) is 0 Å². The summed E-state index contributed by atoms with van der Waals surface area (Å²) >= 11 is 0. The number of nitrogens with one attached hydrogen (secondary N) is 4. The summed E-state index contributed by atoms with van der Waals surface area (Å²) < 4.78 is 20.2. The largest absolute Gasteiger partial charge is 1.00 e. The van der Waals surface area contributed by atoms with E-state index in [1.807, 2.05) is 0 Å². The SMILES string of the molecule is COc1cccc(C=[NH+]CC(C)(C)C[NH+]=Cc2cccc(OC)c2[O-])c1[O-].COc1cccc(C=[NH+]CC(C)(C)C[NH+]=Cc2cccc(OC)c2[O-])c1[O-].[Li+].[Li+].[Li+].[Li+]. The zero-order valence-electron chi connectivity index (χ0n) is 36.3. The van der Waals surface area contributed by atoms with Gasteiger partial charge in [-0.05, 0) is 76.2 Å². The maximum atomic E-state index is 12.1. The molecule has 0 saturated heterocycles. The minimum absolute atomic E-state index is 0. The summed E-state index contributed by atoms with van der Waals surface area (Å²) in [5, 5.41) is 48.5. The van der Waals surface area contributed by atoms with Crippen molar-refractivity contribution in [1.82, 2.24) is 0 Å². The van der Waals surface area contributed by atoms with Gasteiger partial charge < -0.3 is 39.4 Å². The van der Waals surface area contributed by atoms with Crippen LogP contribution in [0.15, 0.2) is 72.8 Å². The molecule has 16 heteroatoms. The van der Waals surface area contributed by atoms with Gasteiger partial charge in [-0.1, -0.05) is 47.3 Å². The number of hydrogen-bond donors (Lipinski definition) is 4. The van der Waals surface area contributed by atoms with Crippen LogP contribution in [0.4, 0.5) is 0 Å². The van der Waals surface area contributed by atoms with Crippen LogP contribution in [0, 0.1) is 10.8 Å². The van der Waals surface area contributed by atoms with Gasteiger partial charge in [0, 0.05) is 22.3 Å². The van der Waals surface area contributed by atoms with E-state index in [0.717, 1.165) is 0 Å². The Morgan fingerprint density at radius 1 is 0.397 bits per heavy atom. The van der Waals surface area contributed by atoms with Crippen molar-refractivity contribution in [3.63, 3.8) is 0 Å². The number of methoxy groups -OCH3 is 4. The maximum absolute atomic E-state index is 12.1. The summed E-state index contributed by atoms with van der Waals surface area (Å²) in [4.78, 5) is 12.8. The number of para-hydroxylation sites is 4. The molecule has 0 unspecified atom stereocenters. The van der Waals surface area contributed by atoms with E-state index in [9.17, 15) is 20.4 Å². The van der Waals surface area contributed by atoms with Crippen LogP contribution >= 0.6 is 0 Å². The second kappa shape index (κ2) is 27.9. The van der Waals surface area contributed by atoms with Crippen molar-refractivity contribution < 1.29 is 135 Å². The summed E-state index contributed by atoms with van der Waals surface area (Å²) in [5.74, 6) is 0.743. The molecule has 0 aliphatic heterocycles. The maximum Gasteiger partial charge on any atom is 1.00 e. The summed E-state index contributed by atoms with van der Waals surface area (Å²) in [6.07, 6.45) is 6.81. The zero-order valence-corrected chi connectivity index (χ0v) is 36.3. The molecule has 4 aromatic rings. The molecule has 0 atom stereocenters. The van der Waals surface area contributed by atoms with Gasteiger partial charge in [0.25, 0.3) is 0 Å². The average molecular weight is 769 g/mol. The van der Waals surface area contributed by atoms with Crippen LogP contribution in [-0.2, 0) is 0 Å².